The summed E-state index contributed by atoms with van der Waals surface area (Å²) in [5, 5.41) is 4.03. The van der Waals surface area contributed by atoms with Crippen LogP contribution in [-0.2, 0) is 4.79 Å². The van der Waals surface area contributed by atoms with Gasteiger partial charge in [0.05, 0.1) is 5.02 Å². The summed E-state index contributed by atoms with van der Waals surface area (Å²) in [5.74, 6) is 1.79. The number of carbonyl (C=O) groups excluding carboxylic acids is 1. The molecule has 2 saturated heterocycles. The van der Waals surface area contributed by atoms with E-state index in [9.17, 15) is 4.79 Å². The first-order valence-electron chi connectivity index (χ1n) is 9.80. The SMILES string of the molecule is Cl.Cl.O=C(CCC1CCNCC1)N1CCN(CCOc2ccccc2Cl)CC1. The lowest BCUT2D eigenvalue weighted by molar-refractivity contribution is -0.133. The topological polar surface area (TPSA) is 44.8 Å². The van der Waals surface area contributed by atoms with Gasteiger partial charge < -0.3 is 15.0 Å². The molecule has 0 aliphatic carbocycles. The quantitative estimate of drug-likeness (QED) is 0.688. The zero-order valence-corrected chi connectivity index (χ0v) is 18.7. The Kier molecular flexibility index (Phi) is 12.2. The fourth-order valence-corrected chi connectivity index (χ4v) is 3.91. The van der Waals surface area contributed by atoms with E-state index in [2.05, 4.69) is 10.2 Å². The van der Waals surface area contributed by atoms with E-state index in [1.165, 1.54) is 12.8 Å². The summed E-state index contributed by atoms with van der Waals surface area (Å²) in [5.41, 5.74) is 0. The standard InChI is InChI=1S/C20H30ClN3O2.2ClH/c21-18-3-1-2-4-19(18)26-16-15-23-11-13-24(14-12-23)20(25)6-5-17-7-9-22-10-8-17;;/h1-4,17,22H,5-16H2;2*1H. The number of nitrogens with zero attached hydrogens (tertiary/aromatic N) is 2. The van der Waals surface area contributed by atoms with Crippen LogP contribution in [-0.4, -0.2) is 68.1 Å². The number of amides is 1. The van der Waals surface area contributed by atoms with Gasteiger partial charge in [0.2, 0.25) is 5.91 Å². The van der Waals surface area contributed by atoms with Gasteiger partial charge in [0.25, 0.3) is 0 Å². The summed E-state index contributed by atoms with van der Waals surface area (Å²) < 4.78 is 5.76. The Morgan fingerprint density at radius 3 is 2.46 bits per heavy atom. The zero-order chi connectivity index (χ0) is 18.2. The van der Waals surface area contributed by atoms with Crippen LogP contribution in [0.4, 0.5) is 0 Å². The van der Waals surface area contributed by atoms with E-state index >= 15 is 0 Å². The summed E-state index contributed by atoms with van der Waals surface area (Å²) >= 11 is 6.10. The van der Waals surface area contributed by atoms with E-state index in [4.69, 9.17) is 16.3 Å². The van der Waals surface area contributed by atoms with Gasteiger partial charge in [-0.25, -0.2) is 0 Å². The number of hydrogen-bond donors (Lipinski definition) is 1. The summed E-state index contributed by atoms with van der Waals surface area (Å²) in [6.07, 6.45) is 4.19. The van der Waals surface area contributed by atoms with E-state index in [0.717, 1.165) is 63.9 Å². The van der Waals surface area contributed by atoms with Crippen molar-refractivity contribution in [2.45, 2.75) is 25.7 Å². The van der Waals surface area contributed by atoms with E-state index in [-0.39, 0.29) is 24.8 Å². The molecule has 160 valence electrons. The van der Waals surface area contributed by atoms with Crippen molar-refractivity contribution >= 4 is 42.3 Å². The second-order valence-corrected chi connectivity index (χ2v) is 7.64. The number of benzene rings is 1. The molecule has 0 spiro atoms. The Morgan fingerprint density at radius 1 is 1.11 bits per heavy atom. The Labute approximate surface area is 185 Å². The average Bonchev–Trinajstić information content (AvgIpc) is 2.69. The lowest BCUT2D eigenvalue weighted by Gasteiger charge is -2.35. The van der Waals surface area contributed by atoms with Gasteiger partial charge >= 0.3 is 0 Å². The molecule has 1 amide bonds. The van der Waals surface area contributed by atoms with Gasteiger partial charge in [-0.2, -0.15) is 0 Å². The van der Waals surface area contributed by atoms with Crippen LogP contribution in [0.5, 0.6) is 5.75 Å². The van der Waals surface area contributed by atoms with Crippen molar-refractivity contribution in [3.8, 4) is 5.75 Å². The molecule has 0 saturated carbocycles. The third-order valence-corrected chi connectivity index (χ3v) is 5.76. The Morgan fingerprint density at radius 2 is 1.79 bits per heavy atom. The second kappa shape index (κ2) is 13.5. The summed E-state index contributed by atoms with van der Waals surface area (Å²) in [7, 11) is 0. The molecule has 0 aromatic heterocycles. The van der Waals surface area contributed by atoms with Crippen molar-refractivity contribution in [1.82, 2.24) is 15.1 Å². The van der Waals surface area contributed by atoms with Crippen LogP contribution >= 0.6 is 36.4 Å². The maximum Gasteiger partial charge on any atom is 0.222 e. The summed E-state index contributed by atoms with van der Waals surface area (Å²) in [4.78, 5) is 16.8. The van der Waals surface area contributed by atoms with E-state index in [0.29, 0.717) is 24.0 Å². The smallest absolute Gasteiger partial charge is 0.222 e. The highest BCUT2D eigenvalue weighted by Crippen LogP contribution is 2.23. The summed E-state index contributed by atoms with van der Waals surface area (Å²) in [6, 6.07) is 7.55. The molecule has 8 heteroatoms. The van der Waals surface area contributed by atoms with Crippen molar-refractivity contribution in [3.05, 3.63) is 29.3 Å². The van der Waals surface area contributed by atoms with Crippen LogP contribution in [0.25, 0.3) is 0 Å². The normalized spacial score (nSPS) is 18.1. The minimum Gasteiger partial charge on any atom is -0.491 e. The third-order valence-electron chi connectivity index (χ3n) is 5.45. The number of nitrogens with one attached hydrogen (secondary N) is 1. The first-order chi connectivity index (χ1) is 12.7. The van der Waals surface area contributed by atoms with Crippen molar-refractivity contribution in [2.24, 2.45) is 5.92 Å². The number of halogens is 3. The molecule has 0 unspecified atom stereocenters. The van der Waals surface area contributed by atoms with Gasteiger partial charge in [0.1, 0.15) is 12.4 Å². The number of hydrogen-bond acceptors (Lipinski definition) is 4. The van der Waals surface area contributed by atoms with Gasteiger partial charge in [-0.3, -0.25) is 9.69 Å². The molecule has 28 heavy (non-hydrogen) atoms. The maximum absolute atomic E-state index is 12.4. The Bertz CT molecular complexity index is 578. The average molecular weight is 453 g/mol. The van der Waals surface area contributed by atoms with Gasteiger partial charge in [0.15, 0.2) is 0 Å². The lowest BCUT2D eigenvalue weighted by atomic mass is 9.93. The van der Waals surface area contributed by atoms with Crippen molar-refractivity contribution in [3.63, 3.8) is 0 Å². The van der Waals surface area contributed by atoms with Gasteiger partial charge in [-0.1, -0.05) is 23.7 Å². The number of rotatable bonds is 7. The molecule has 2 heterocycles. The molecule has 1 aromatic carbocycles. The molecule has 0 radical (unpaired) electrons. The number of carbonyl (C=O) groups is 1. The van der Waals surface area contributed by atoms with Crippen molar-refractivity contribution in [2.75, 3.05) is 52.4 Å². The molecule has 5 nitrogen and oxygen atoms in total. The summed E-state index contributed by atoms with van der Waals surface area (Å²) in [6.45, 7) is 7.20. The highest BCUT2D eigenvalue weighted by atomic mass is 35.5. The second-order valence-electron chi connectivity index (χ2n) is 7.23. The van der Waals surface area contributed by atoms with Crippen LogP contribution in [0.1, 0.15) is 25.7 Å². The number of ether oxygens (including phenoxy) is 1. The van der Waals surface area contributed by atoms with Crippen LogP contribution in [0.3, 0.4) is 0 Å². The van der Waals surface area contributed by atoms with Crippen molar-refractivity contribution in [1.29, 1.82) is 0 Å². The predicted octanol–water partition coefficient (Wildman–Crippen LogP) is 3.49. The molecule has 3 rings (SSSR count). The van der Waals surface area contributed by atoms with Crippen LogP contribution in [0.2, 0.25) is 5.02 Å². The van der Waals surface area contributed by atoms with Crippen molar-refractivity contribution < 1.29 is 9.53 Å². The van der Waals surface area contributed by atoms with Crippen LogP contribution in [0, 0.1) is 5.92 Å². The third kappa shape index (κ3) is 7.96. The lowest BCUT2D eigenvalue weighted by Crippen LogP contribution is -2.49. The molecule has 1 N–H and O–H groups in total. The number of piperidine rings is 1. The molecule has 2 aliphatic rings. The van der Waals surface area contributed by atoms with E-state index < -0.39 is 0 Å². The number of piperazine rings is 1. The van der Waals surface area contributed by atoms with Gasteiger partial charge in [0, 0.05) is 39.1 Å². The molecular weight excluding hydrogens is 421 g/mol. The first-order valence-corrected chi connectivity index (χ1v) is 10.2. The molecular formula is C20H32Cl3N3O2. The number of para-hydroxylation sites is 1. The minimum atomic E-state index is 0. The Hall–Kier alpha value is -0.720. The zero-order valence-electron chi connectivity index (χ0n) is 16.3. The molecule has 0 bridgehead atoms. The first kappa shape index (κ1) is 25.3. The fraction of sp³-hybridized carbons (Fsp3) is 0.650. The van der Waals surface area contributed by atoms with E-state index in [1.54, 1.807) is 0 Å². The molecule has 0 atom stereocenters. The highest BCUT2D eigenvalue weighted by molar-refractivity contribution is 6.32. The van der Waals surface area contributed by atoms with E-state index in [1.807, 2.05) is 29.2 Å². The van der Waals surface area contributed by atoms with Gasteiger partial charge in [-0.15, -0.1) is 24.8 Å². The largest absolute Gasteiger partial charge is 0.491 e. The fourth-order valence-electron chi connectivity index (χ4n) is 3.72. The highest BCUT2D eigenvalue weighted by Gasteiger charge is 2.22. The molecule has 2 aliphatic heterocycles. The minimum absolute atomic E-state index is 0. The molecule has 2 fully saturated rings. The van der Waals surface area contributed by atoms with Crippen LogP contribution < -0.4 is 10.1 Å². The van der Waals surface area contributed by atoms with Gasteiger partial charge in [-0.05, 0) is 50.4 Å². The van der Waals surface area contributed by atoms with Crippen LogP contribution in [0.15, 0.2) is 24.3 Å². The Balaban J connectivity index is 0.00000196. The monoisotopic (exact) mass is 451 g/mol. The molecule has 1 aromatic rings. The maximum atomic E-state index is 12.4. The predicted molar refractivity (Wildman–Crippen MR) is 119 cm³/mol.